The van der Waals surface area contributed by atoms with Crippen LogP contribution in [0.2, 0.25) is 0 Å². The van der Waals surface area contributed by atoms with Crippen molar-refractivity contribution in [3.63, 3.8) is 0 Å². The molecular weight excluding hydrogens is 318 g/mol. The summed E-state index contributed by atoms with van der Waals surface area (Å²) in [5.41, 5.74) is 1.78. The average molecular weight is 335 g/mol. The molecule has 0 saturated heterocycles. The van der Waals surface area contributed by atoms with Gasteiger partial charge in [0, 0.05) is 6.20 Å². The zero-order valence-corrected chi connectivity index (χ0v) is 13.5. The third kappa shape index (κ3) is 4.57. The van der Waals surface area contributed by atoms with Gasteiger partial charge in [-0.3, -0.25) is 4.79 Å². The summed E-state index contributed by atoms with van der Waals surface area (Å²) < 4.78 is 10.8. The Bertz CT molecular complexity index is 841. The predicted molar refractivity (Wildman–Crippen MR) is 92.6 cm³/mol. The lowest BCUT2D eigenvalue weighted by atomic mass is 10.2. The predicted octanol–water partition coefficient (Wildman–Crippen LogP) is 3.63. The number of rotatable bonds is 7. The molecule has 0 fully saturated rings. The van der Waals surface area contributed by atoms with Gasteiger partial charge in [0.05, 0.1) is 11.3 Å². The van der Waals surface area contributed by atoms with E-state index in [0.29, 0.717) is 23.6 Å². The summed E-state index contributed by atoms with van der Waals surface area (Å²) >= 11 is 0. The molecule has 3 aromatic rings. The number of aromatic amines is 1. The van der Waals surface area contributed by atoms with E-state index in [9.17, 15) is 9.59 Å². The van der Waals surface area contributed by atoms with Crippen molar-refractivity contribution in [3.8, 4) is 5.75 Å². The highest BCUT2D eigenvalue weighted by Gasteiger charge is 2.13. The minimum absolute atomic E-state index is 0.283. The minimum Gasteiger partial charge on any atom is -0.489 e. The molecule has 126 valence electrons. The van der Waals surface area contributed by atoms with Crippen LogP contribution in [0, 0.1) is 0 Å². The van der Waals surface area contributed by atoms with Crippen LogP contribution in [0.5, 0.6) is 5.75 Å². The molecule has 1 aromatic heterocycles. The third-order valence-corrected chi connectivity index (χ3v) is 3.55. The summed E-state index contributed by atoms with van der Waals surface area (Å²) in [6.07, 6.45) is 1.64. The summed E-state index contributed by atoms with van der Waals surface area (Å²) in [6.45, 7) is 0.0963. The highest BCUT2D eigenvalue weighted by atomic mass is 16.5. The molecule has 1 N–H and O–H groups in total. The Balaban J connectivity index is 1.56. The van der Waals surface area contributed by atoms with Gasteiger partial charge < -0.3 is 14.5 Å². The molecule has 2 aromatic carbocycles. The lowest BCUT2D eigenvalue weighted by Gasteiger charge is -2.08. The molecule has 3 rings (SSSR count). The molecule has 0 spiro atoms. The van der Waals surface area contributed by atoms with Crippen molar-refractivity contribution in [1.29, 1.82) is 0 Å². The van der Waals surface area contributed by atoms with E-state index in [1.165, 1.54) is 0 Å². The van der Waals surface area contributed by atoms with Gasteiger partial charge in [0.2, 0.25) is 5.78 Å². The number of nitrogens with one attached hydrogen (secondary N) is 1. The van der Waals surface area contributed by atoms with Crippen molar-refractivity contribution in [1.82, 2.24) is 4.98 Å². The quantitative estimate of drug-likeness (QED) is 0.529. The van der Waals surface area contributed by atoms with Crippen molar-refractivity contribution >= 4 is 11.8 Å². The van der Waals surface area contributed by atoms with E-state index in [1.54, 1.807) is 42.6 Å². The Labute approximate surface area is 145 Å². The molecule has 0 aliphatic carbocycles. The summed E-state index contributed by atoms with van der Waals surface area (Å²) in [5, 5.41) is 0. The molecule has 25 heavy (non-hydrogen) atoms. The van der Waals surface area contributed by atoms with Crippen LogP contribution >= 0.6 is 0 Å². The van der Waals surface area contributed by atoms with E-state index >= 15 is 0 Å². The lowest BCUT2D eigenvalue weighted by Crippen LogP contribution is -2.14. The number of carbonyl (C=O) groups excluding carboxylic acids is 2. The van der Waals surface area contributed by atoms with E-state index < -0.39 is 5.97 Å². The molecule has 0 aliphatic rings. The number of esters is 1. The number of ether oxygens (including phenoxy) is 2. The fourth-order valence-corrected chi connectivity index (χ4v) is 2.25. The molecule has 0 radical (unpaired) electrons. The molecular formula is C20H17NO4. The monoisotopic (exact) mass is 335 g/mol. The number of ketones is 1. The van der Waals surface area contributed by atoms with Crippen molar-refractivity contribution in [2.24, 2.45) is 0 Å². The second-order valence-corrected chi connectivity index (χ2v) is 5.39. The van der Waals surface area contributed by atoms with Crippen LogP contribution in [0.15, 0.2) is 72.9 Å². The van der Waals surface area contributed by atoms with Gasteiger partial charge in [-0.25, -0.2) is 4.79 Å². The summed E-state index contributed by atoms with van der Waals surface area (Å²) in [4.78, 5) is 26.7. The second kappa shape index (κ2) is 7.97. The first kappa shape index (κ1) is 16.5. The van der Waals surface area contributed by atoms with Crippen LogP contribution in [0.25, 0.3) is 0 Å². The Hall–Kier alpha value is -3.34. The minimum atomic E-state index is -0.565. The van der Waals surface area contributed by atoms with Crippen LogP contribution < -0.4 is 4.74 Å². The number of Topliss-reactive ketones (excluding diaryl/α,β-unsaturated/α-hetero) is 1. The molecule has 0 amide bonds. The maximum absolute atomic E-state index is 12.1. The lowest BCUT2D eigenvalue weighted by molar-refractivity contribution is 0.0473. The number of H-pyrrole nitrogens is 1. The first-order valence-corrected chi connectivity index (χ1v) is 7.83. The first-order valence-electron chi connectivity index (χ1n) is 7.83. The smallest absolute Gasteiger partial charge is 0.338 e. The Morgan fingerprint density at radius 1 is 0.920 bits per heavy atom. The topological polar surface area (TPSA) is 68.4 Å². The van der Waals surface area contributed by atoms with E-state index in [-0.39, 0.29) is 12.4 Å². The van der Waals surface area contributed by atoms with E-state index in [2.05, 4.69) is 4.98 Å². The van der Waals surface area contributed by atoms with Crippen molar-refractivity contribution in [2.75, 3.05) is 6.61 Å². The van der Waals surface area contributed by atoms with E-state index in [1.807, 2.05) is 30.3 Å². The van der Waals surface area contributed by atoms with Gasteiger partial charge in [0.15, 0.2) is 6.61 Å². The third-order valence-electron chi connectivity index (χ3n) is 3.55. The van der Waals surface area contributed by atoms with Gasteiger partial charge in [-0.2, -0.15) is 0 Å². The van der Waals surface area contributed by atoms with Gasteiger partial charge in [-0.1, -0.05) is 36.4 Å². The van der Waals surface area contributed by atoms with Gasteiger partial charge in [-0.15, -0.1) is 0 Å². The maximum Gasteiger partial charge on any atom is 0.338 e. The van der Waals surface area contributed by atoms with Crippen LogP contribution in [-0.4, -0.2) is 23.3 Å². The molecule has 0 unspecified atom stereocenters. The highest BCUT2D eigenvalue weighted by molar-refractivity contribution is 5.98. The average Bonchev–Trinajstić information content (AvgIpc) is 3.20. The van der Waals surface area contributed by atoms with Crippen LogP contribution in [0.1, 0.15) is 26.4 Å². The summed E-state index contributed by atoms with van der Waals surface area (Å²) in [6, 6.07) is 19.8. The Morgan fingerprint density at radius 3 is 2.52 bits per heavy atom. The summed E-state index contributed by atoms with van der Waals surface area (Å²) in [5.74, 6) is -0.283. The number of benzene rings is 2. The molecule has 1 heterocycles. The van der Waals surface area contributed by atoms with Crippen LogP contribution in [-0.2, 0) is 11.3 Å². The van der Waals surface area contributed by atoms with Gasteiger partial charge in [0.1, 0.15) is 12.4 Å². The standard InChI is InChI=1S/C20H17NO4/c22-19(18-10-5-11-21-18)14-25-20(23)16-8-4-9-17(12-16)24-13-15-6-2-1-3-7-15/h1-12,21H,13-14H2. The van der Waals surface area contributed by atoms with Gasteiger partial charge in [0.25, 0.3) is 0 Å². The molecule has 0 aliphatic heterocycles. The highest BCUT2D eigenvalue weighted by Crippen LogP contribution is 2.16. The SMILES string of the molecule is O=C(OCC(=O)c1ccc[nH]1)c1cccc(OCc2ccccc2)c1. The fraction of sp³-hybridized carbons (Fsp3) is 0.100. The van der Waals surface area contributed by atoms with E-state index in [4.69, 9.17) is 9.47 Å². The second-order valence-electron chi connectivity index (χ2n) is 5.39. The zero-order valence-electron chi connectivity index (χ0n) is 13.5. The van der Waals surface area contributed by atoms with Crippen molar-refractivity contribution in [2.45, 2.75) is 6.61 Å². The molecule has 5 heteroatoms. The Morgan fingerprint density at radius 2 is 1.76 bits per heavy atom. The largest absolute Gasteiger partial charge is 0.489 e. The molecule has 0 saturated carbocycles. The number of carbonyl (C=O) groups is 2. The molecule has 0 bridgehead atoms. The zero-order chi connectivity index (χ0) is 17.5. The fourth-order valence-electron chi connectivity index (χ4n) is 2.25. The van der Waals surface area contributed by atoms with Crippen LogP contribution in [0.4, 0.5) is 0 Å². The number of hydrogen-bond acceptors (Lipinski definition) is 4. The normalized spacial score (nSPS) is 10.2. The number of aromatic nitrogens is 1. The number of hydrogen-bond donors (Lipinski definition) is 1. The summed E-state index contributed by atoms with van der Waals surface area (Å²) in [7, 11) is 0. The van der Waals surface area contributed by atoms with Gasteiger partial charge >= 0.3 is 5.97 Å². The van der Waals surface area contributed by atoms with E-state index in [0.717, 1.165) is 5.56 Å². The molecule has 5 nitrogen and oxygen atoms in total. The van der Waals surface area contributed by atoms with Gasteiger partial charge in [-0.05, 0) is 35.9 Å². The Kier molecular flexibility index (Phi) is 5.26. The molecule has 0 atom stereocenters. The van der Waals surface area contributed by atoms with Crippen molar-refractivity contribution < 1.29 is 19.1 Å². The van der Waals surface area contributed by atoms with Crippen LogP contribution in [0.3, 0.4) is 0 Å². The van der Waals surface area contributed by atoms with Crippen molar-refractivity contribution in [3.05, 3.63) is 89.7 Å². The maximum atomic E-state index is 12.1. The first-order chi connectivity index (χ1) is 12.2.